The van der Waals surface area contributed by atoms with Crippen LogP contribution in [0, 0.1) is 0 Å². The molecular weight excluding hydrogens is 198 g/mol. The average Bonchev–Trinajstić information content (AvgIpc) is 2.28. The van der Waals surface area contributed by atoms with Gasteiger partial charge in [0.15, 0.2) is 0 Å². The third-order valence-electron chi connectivity index (χ3n) is 2.82. The predicted molar refractivity (Wildman–Crippen MR) is 67.9 cm³/mol. The van der Waals surface area contributed by atoms with Gasteiger partial charge in [0.2, 0.25) is 0 Å². The maximum atomic E-state index is 9.76. The molecule has 2 aromatic rings. The normalized spacial score (nSPS) is 11.2. The van der Waals surface area contributed by atoms with Gasteiger partial charge in [-0.2, -0.15) is 0 Å². The molecule has 2 rings (SSSR count). The van der Waals surface area contributed by atoms with Crippen LogP contribution in [0.3, 0.4) is 0 Å². The summed E-state index contributed by atoms with van der Waals surface area (Å²) in [5.74, 6) is 0.365. The van der Waals surface area contributed by atoms with Gasteiger partial charge in [0.05, 0.1) is 0 Å². The van der Waals surface area contributed by atoms with E-state index in [2.05, 4.69) is 25.1 Å². The van der Waals surface area contributed by atoms with Crippen LogP contribution in [0.2, 0.25) is 0 Å². The lowest BCUT2D eigenvalue weighted by Gasteiger charge is -2.11. The summed E-state index contributed by atoms with van der Waals surface area (Å²) in [4.78, 5) is 2.17. The van der Waals surface area contributed by atoms with Crippen molar-refractivity contribution >= 4 is 10.8 Å². The smallest absolute Gasteiger partial charge is 0.123 e. The molecule has 84 valence electrons. The molecule has 0 aliphatic carbocycles. The molecule has 0 unspecified atom stereocenters. The fourth-order valence-corrected chi connectivity index (χ4v) is 1.91. The van der Waals surface area contributed by atoms with Crippen LogP contribution in [0.4, 0.5) is 0 Å². The Kier molecular flexibility index (Phi) is 3.11. The monoisotopic (exact) mass is 215 g/mol. The molecule has 0 heterocycles. The van der Waals surface area contributed by atoms with E-state index in [-0.39, 0.29) is 0 Å². The molecule has 0 saturated heterocycles. The van der Waals surface area contributed by atoms with Gasteiger partial charge in [-0.1, -0.05) is 30.3 Å². The van der Waals surface area contributed by atoms with E-state index < -0.39 is 0 Å². The summed E-state index contributed by atoms with van der Waals surface area (Å²) in [5.41, 5.74) is 1.29. The molecule has 2 nitrogen and oxygen atoms in total. The summed E-state index contributed by atoms with van der Waals surface area (Å²) in [5, 5.41) is 11.9. The fraction of sp³-hybridized carbons (Fsp3) is 0.286. The van der Waals surface area contributed by atoms with E-state index in [0.717, 1.165) is 23.7 Å². The van der Waals surface area contributed by atoms with Gasteiger partial charge in [0, 0.05) is 11.9 Å². The van der Waals surface area contributed by atoms with Gasteiger partial charge in [-0.15, -0.1) is 0 Å². The number of likely N-dealkylation sites (N-methyl/N-ethyl adjacent to an activating group) is 1. The standard InChI is InChI=1S/C14H17NO/c1-15(2)10-9-11-7-8-14(16)13-6-4-3-5-12(11)13/h3-8,16H,9-10H2,1-2H3. The zero-order chi connectivity index (χ0) is 11.5. The first kappa shape index (κ1) is 11.0. The lowest BCUT2D eigenvalue weighted by Crippen LogP contribution is -2.15. The Labute approximate surface area is 96.1 Å². The van der Waals surface area contributed by atoms with E-state index in [1.165, 1.54) is 5.56 Å². The second-order valence-electron chi connectivity index (χ2n) is 4.34. The van der Waals surface area contributed by atoms with Crippen LogP contribution in [0.1, 0.15) is 5.56 Å². The molecule has 2 heteroatoms. The maximum absolute atomic E-state index is 9.76. The van der Waals surface area contributed by atoms with Crippen molar-refractivity contribution in [3.8, 4) is 5.75 Å². The van der Waals surface area contributed by atoms with Crippen LogP contribution in [0.15, 0.2) is 36.4 Å². The first-order valence-electron chi connectivity index (χ1n) is 5.53. The Morgan fingerprint density at radius 3 is 2.38 bits per heavy atom. The highest BCUT2D eigenvalue weighted by molar-refractivity contribution is 5.90. The summed E-state index contributed by atoms with van der Waals surface area (Å²) >= 11 is 0. The minimum absolute atomic E-state index is 0.365. The number of aromatic hydroxyl groups is 1. The molecule has 0 bridgehead atoms. The number of nitrogens with zero attached hydrogens (tertiary/aromatic N) is 1. The molecule has 0 fully saturated rings. The van der Waals surface area contributed by atoms with E-state index in [1.54, 1.807) is 6.07 Å². The Bertz CT molecular complexity index is 491. The van der Waals surface area contributed by atoms with Crippen molar-refractivity contribution in [2.45, 2.75) is 6.42 Å². The number of phenolic OH excluding ortho intramolecular Hbond substituents is 1. The van der Waals surface area contributed by atoms with Crippen LogP contribution in [0.5, 0.6) is 5.75 Å². The largest absolute Gasteiger partial charge is 0.507 e. The van der Waals surface area contributed by atoms with Gasteiger partial charge >= 0.3 is 0 Å². The SMILES string of the molecule is CN(C)CCc1ccc(O)c2ccccc12. The Balaban J connectivity index is 2.42. The molecule has 2 aromatic carbocycles. The maximum Gasteiger partial charge on any atom is 0.123 e. The number of rotatable bonds is 3. The van der Waals surface area contributed by atoms with Crippen molar-refractivity contribution in [3.05, 3.63) is 42.0 Å². The van der Waals surface area contributed by atoms with Crippen molar-refractivity contribution in [1.82, 2.24) is 4.90 Å². The second-order valence-corrected chi connectivity index (χ2v) is 4.34. The topological polar surface area (TPSA) is 23.5 Å². The summed E-state index contributed by atoms with van der Waals surface area (Å²) in [6.45, 7) is 1.02. The van der Waals surface area contributed by atoms with E-state index in [1.807, 2.05) is 24.3 Å². The molecule has 0 saturated carbocycles. The van der Waals surface area contributed by atoms with Crippen LogP contribution >= 0.6 is 0 Å². The third-order valence-corrected chi connectivity index (χ3v) is 2.82. The van der Waals surface area contributed by atoms with E-state index in [9.17, 15) is 5.11 Å². The number of benzene rings is 2. The number of phenols is 1. The molecule has 0 aromatic heterocycles. The molecule has 1 N–H and O–H groups in total. The molecular formula is C14H17NO. The van der Waals surface area contributed by atoms with E-state index >= 15 is 0 Å². The van der Waals surface area contributed by atoms with Crippen LogP contribution in [0.25, 0.3) is 10.8 Å². The lowest BCUT2D eigenvalue weighted by molar-refractivity contribution is 0.414. The first-order chi connectivity index (χ1) is 7.68. The van der Waals surface area contributed by atoms with Crippen molar-refractivity contribution in [2.75, 3.05) is 20.6 Å². The highest BCUT2D eigenvalue weighted by atomic mass is 16.3. The van der Waals surface area contributed by atoms with E-state index in [0.29, 0.717) is 5.75 Å². The van der Waals surface area contributed by atoms with E-state index in [4.69, 9.17) is 0 Å². The van der Waals surface area contributed by atoms with Crippen molar-refractivity contribution in [2.24, 2.45) is 0 Å². The zero-order valence-corrected chi connectivity index (χ0v) is 9.77. The highest BCUT2D eigenvalue weighted by Gasteiger charge is 2.04. The van der Waals surface area contributed by atoms with Crippen molar-refractivity contribution in [3.63, 3.8) is 0 Å². The molecule has 0 atom stereocenters. The van der Waals surface area contributed by atoms with Gasteiger partial charge in [-0.05, 0) is 37.5 Å². The highest BCUT2D eigenvalue weighted by Crippen LogP contribution is 2.27. The van der Waals surface area contributed by atoms with Crippen molar-refractivity contribution in [1.29, 1.82) is 0 Å². The molecule has 16 heavy (non-hydrogen) atoms. The van der Waals surface area contributed by atoms with Gasteiger partial charge in [-0.3, -0.25) is 0 Å². The van der Waals surface area contributed by atoms with Gasteiger partial charge in [-0.25, -0.2) is 0 Å². The van der Waals surface area contributed by atoms with Crippen LogP contribution < -0.4 is 0 Å². The van der Waals surface area contributed by atoms with Crippen LogP contribution in [-0.4, -0.2) is 30.6 Å². The summed E-state index contributed by atoms with van der Waals surface area (Å²) in [7, 11) is 4.14. The Morgan fingerprint density at radius 2 is 1.69 bits per heavy atom. The minimum Gasteiger partial charge on any atom is -0.507 e. The molecule has 0 spiro atoms. The lowest BCUT2D eigenvalue weighted by atomic mass is 10.0. The zero-order valence-electron chi connectivity index (χ0n) is 9.77. The summed E-state index contributed by atoms with van der Waals surface area (Å²) < 4.78 is 0. The average molecular weight is 215 g/mol. The Morgan fingerprint density at radius 1 is 1.00 bits per heavy atom. The number of hydrogen-bond donors (Lipinski definition) is 1. The second kappa shape index (κ2) is 4.54. The molecule has 0 aliphatic heterocycles. The fourth-order valence-electron chi connectivity index (χ4n) is 1.91. The third kappa shape index (κ3) is 2.17. The molecule has 0 amide bonds. The van der Waals surface area contributed by atoms with Crippen LogP contribution in [-0.2, 0) is 6.42 Å². The van der Waals surface area contributed by atoms with Crippen molar-refractivity contribution < 1.29 is 5.11 Å². The predicted octanol–water partition coefficient (Wildman–Crippen LogP) is 2.65. The number of fused-ring (bicyclic) bond motifs is 1. The van der Waals surface area contributed by atoms with Gasteiger partial charge in [0.25, 0.3) is 0 Å². The summed E-state index contributed by atoms with van der Waals surface area (Å²) in [6.07, 6.45) is 1.01. The molecule has 0 aliphatic rings. The van der Waals surface area contributed by atoms with Gasteiger partial charge in [0.1, 0.15) is 5.75 Å². The quantitative estimate of drug-likeness (QED) is 0.850. The van der Waals surface area contributed by atoms with Gasteiger partial charge < -0.3 is 10.0 Å². The first-order valence-corrected chi connectivity index (χ1v) is 5.53. The molecule has 0 radical (unpaired) electrons. The number of hydrogen-bond acceptors (Lipinski definition) is 2. The minimum atomic E-state index is 0.365. The summed E-state index contributed by atoms with van der Waals surface area (Å²) in [6, 6.07) is 11.8. The Hall–Kier alpha value is -1.54.